The lowest BCUT2D eigenvalue weighted by atomic mass is 10.1. The second kappa shape index (κ2) is 6.28. The summed E-state index contributed by atoms with van der Waals surface area (Å²) in [7, 11) is 1.44. The van der Waals surface area contributed by atoms with E-state index in [9.17, 15) is 15.2 Å². The van der Waals surface area contributed by atoms with Crippen molar-refractivity contribution < 1.29 is 19.5 Å². The fourth-order valence-electron chi connectivity index (χ4n) is 1.82. The number of methoxy groups -OCH3 is 1. The molecule has 21 heavy (non-hydrogen) atoms. The summed E-state index contributed by atoms with van der Waals surface area (Å²) in [4.78, 5) is 10.5. The molecule has 1 aliphatic rings. The number of rotatable bonds is 8. The SMILES string of the molecule is COc1ccc(OCC(C)(O)CNC2CC2)c([N+](=O)[O-])c1. The highest BCUT2D eigenvalue weighted by Crippen LogP contribution is 2.31. The Hall–Kier alpha value is -1.86. The lowest BCUT2D eigenvalue weighted by molar-refractivity contribution is -0.386. The van der Waals surface area contributed by atoms with E-state index in [0.717, 1.165) is 12.8 Å². The Balaban J connectivity index is 1.99. The van der Waals surface area contributed by atoms with Crippen molar-refractivity contribution in [1.82, 2.24) is 5.32 Å². The third kappa shape index (κ3) is 4.57. The van der Waals surface area contributed by atoms with E-state index in [1.165, 1.54) is 19.2 Å². The molecule has 0 bridgehead atoms. The van der Waals surface area contributed by atoms with E-state index < -0.39 is 10.5 Å². The highest BCUT2D eigenvalue weighted by atomic mass is 16.6. The average molecular weight is 296 g/mol. The van der Waals surface area contributed by atoms with Gasteiger partial charge in [-0.1, -0.05) is 0 Å². The summed E-state index contributed by atoms with van der Waals surface area (Å²) in [6.45, 7) is 2.00. The van der Waals surface area contributed by atoms with Gasteiger partial charge in [-0.3, -0.25) is 10.1 Å². The monoisotopic (exact) mass is 296 g/mol. The minimum atomic E-state index is -1.09. The Morgan fingerprint density at radius 2 is 2.24 bits per heavy atom. The number of nitro benzene ring substituents is 1. The largest absolute Gasteiger partial charge is 0.496 e. The Labute approximate surface area is 123 Å². The van der Waals surface area contributed by atoms with E-state index in [-0.39, 0.29) is 18.0 Å². The van der Waals surface area contributed by atoms with Gasteiger partial charge in [-0.25, -0.2) is 0 Å². The Kier molecular flexibility index (Phi) is 4.64. The molecule has 0 heterocycles. The second-order valence-electron chi connectivity index (χ2n) is 5.53. The molecule has 7 nitrogen and oxygen atoms in total. The first-order valence-electron chi connectivity index (χ1n) is 6.82. The average Bonchev–Trinajstić information content (AvgIpc) is 3.27. The van der Waals surface area contributed by atoms with Crippen molar-refractivity contribution in [2.75, 3.05) is 20.3 Å². The molecule has 0 aromatic heterocycles. The number of aliphatic hydroxyl groups is 1. The first kappa shape index (κ1) is 15.5. The van der Waals surface area contributed by atoms with E-state index in [1.807, 2.05) is 0 Å². The van der Waals surface area contributed by atoms with E-state index in [4.69, 9.17) is 9.47 Å². The molecule has 0 saturated heterocycles. The Morgan fingerprint density at radius 3 is 2.81 bits per heavy atom. The van der Waals surface area contributed by atoms with Crippen LogP contribution in [-0.2, 0) is 0 Å². The van der Waals surface area contributed by atoms with Crippen molar-refractivity contribution in [3.05, 3.63) is 28.3 Å². The third-order valence-corrected chi connectivity index (χ3v) is 3.25. The van der Waals surface area contributed by atoms with Crippen molar-refractivity contribution in [3.8, 4) is 11.5 Å². The number of nitrogens with one attached hydrogen (secondary N) is 1. The van der Waals surface area contributed by atoms with Crippen LogP contribution in [-0.4, -0.2) is 41.9 Å². The first-order chi connectivity index (χ1) is 9.91. The summed E-state index contributed by atoms with van der Waals surface area (Å²) < 4.78 is 10.4. The van der Waals surface area contributed by atoms with Crippen LogP contribution in [0.3, 0.4) is 0 Å². The molecule has 0 aliphatic heterocycles. The summed E-state index contributed by atoms with van der Waals surface area (Å²) in [5.74, 6) is 0.503. The molecule has 1 aromatic rings. The molecule has 1 fully saturated rings. The molecule has 0 radical (unpaired) electrons. The molecule has 1 saturated carbocycles. The highest BCUT2D eigenvalue weighted by molar-refractivity contribution is 5.50. The molecule has 2 N–H and O–H groups in total. The predicted molar refractivity (Wildman–Crippen MR) is 76.8 cm³/mol. The highest BCUT2D eigenvalue weighted by Gasteiger charge is 2.28. The minimum Gasteiger partial charge on any atom is -0.496 e. The zero-order valence-electron chi connectivity index (χ0n) is 12.2. The van der Waals surface area contributed by atoms with Gasteiger partial charge in [-0.2, -0.15) is 0 Å². The van der Waals surface area contributed by atoms with Gasteiger partial charge in [0.05, 0.1) is 18.1 Å². The molecule has 0 spiro atoms. The van der Waals surface area contributed by atoms with E-state index in [2.05, 4.69) is 5.32 Å². The van der Waals surface area contributed by atoms with Crippen molar-refractivity contribution in [3.63, 3.8) is 0 Å². The zero-order valence-corrected chi connectivity index (χ0v) is 12.2. The van der Waals surface area contributed by atoms with Crippen LogP contribution in [0.1, 0.15) is 19.8 Å². The van der Waals surface area contributed by atoms with Crippen molar-refractivity contribution >= 4 is 5.69 Å². The summed E-state index contributed by atoms with van der Waals surface area (Å²) >= 11 is 0. The standard InChI is InChI=1S/C14H20N2O5/c1-14(17,8-15-10-3-4-10)9-21-13-6-5-11(20-2)7-12(13)16(18)19/h5-7,10,15,17H,3-4,8-9H2,1-2H3. The molecular formula is C14H20N2O5. The van der Waals surface area contributed by atoms with Crippen LogP contribution in [0, 0.1) is 10.1 Å². The Morgan fingerprint density at radius 1 is 1.52 bits per heavy atom. The van der Waals surface area contributed by atoms with Crippen molar-refractivity contribution in [2.24, 2.45) is 0 Å². The van der Waals surface area contributed by atoms with Crippen LogP contribution in [0.2, 0.25) is 0 Å². The maximum Gasteiger partial charge on any atom is 0.314 e. The van der Waals surface area contributed by atoms with Crippen LogP contribution in [0.25, 0.3) is 0 Å². The maximum absolute atomic E-state index is 11.0. The number of benzene rings is 1. The lowest BCUT2D eigenvalue weighted by Crippen LogP contribution is -2.43. The summed E-state index contributed by atoms with van der Waals surface area (Å²) in [6.07, 6.45) is 2.25. The van der Waals surface area contributed by atoms with Crippen molar-refractivity contribution in [2.45, 2.75) is 31.4 Å². The summed E-state index contributed by atoms with van der Waals surface area (Å²) in [5.41, 5.74) is -1.27. The smallest absolute Gasteiger partial charge is 0.314 e. The number of hydrogen-bond acceptors (Lipinski definition) is 6. The van der Waals surface area contributed by atoms with Gasteiger partial charge < -0.3 is 19.9 Å². The molecule has 1 aromatic carbocycles. The van der Waals surface area contributed by atoms with Crippen LogP contribution in [0.15, 0.2) is 18.2 Å². The maximum atomic E-state index is 11.0. The summed E-state index contributed by atoms with van der Waals surface area (Å²) in [5, 5.41) is 24.4. The molecule has 1 unspecified atom stereocenters. The fraction of sp³-hybridized carbons (Fsp3) is 0.571. The summed E-state index contributed by atoms with van der Waals surface area (Å²) in [6, 6.07) is 4.83. The van der Waals surface area contributed by atoms with Crippen molar-refractivity contribution in [1.29, 1.82) is 0 Å². The van der Waals surface area contributed by atoms with Gasteiger partial charge in [0.1, 0.15) is 18.0 Å². The zero-order chi connectivity index (χ0) is 15.5. The molecule has 0 amide bonds. The molecule has 2 rings (SSSR count). The van der Waals surface area contributed by atoms with Crippen LogP contribution >= 0.6 is 0 Å². The minimum absolute atomic E-state index is 0.0279. The van der Waals surface area contributed by atoms with E-state index in [1.54, 1.807) is 13.0 Å². The van der Waals surface area contributed by atoms with Gasteiger partial charge in [0, 0.05) is 12.6 Å². The molecule has 7 heteroatoms. The number of nitro groups is 1. The van der Waals surface area contributed by atoms with Crippen LogP contribution < -0.4 is 14.8 Å². The normalized spacial score (nSPS) is 17.1. The quantitative estimate of drug-likeness (QED) is 0.557. The van der Waals surface area contributed by atoms with Crippen LogP contribution in [0.5, 0.6) is 11.5 Å². The van der Waals surface area contributed by atoms with Crippen LogP contribution in [0.4, 0.5) is 5.69 Å². The van der Waals surface area contributed by atoms with Gasteiger partial charge in [0.15, 0.2) is 5.75 Å². The second-order valence-corrected chi connectivity index (χ2v) is 5.53. The van der Waals surface area contributed by atoms with Gasteiger partial charge in [0.25, 0.3) is 0 Å². The van der Waals surface area contributed by atoms with E-state index >= 15 is 0 Å². The van der Waals surface area contributed by atoms with Gasteiger partial charge in [-0.15, -0.1) is 0 Å². The number of hydrogen-bond donors (Lipinski definition) is 2. The number of ether oxygens (including phenoxy) is 2. The van der Waals surface area contributed by atoms with Gasteiger partial charge in [0.2, 0.25) is 0 Å². The Bertz CT molecular complexity index is 514. The molecule has 1 atom stereocenters. The number of nitrogens with zero attached hydrogens (tertiary/aromatic N) is 1. The topological polar surface area (TPSA) is 93.9 Å². The lowest BCUT2D eigenvalue weighted by Gasteiger charge is -2.23. The fourth-order valence-corrected chi connectivity index (χ4v) is 1.82. The predicted octanol–water partition coefficient (Wildman–Crippen LogP) is 1.49. The van der Waals surface area contributed by atoms with Gasteiger partial charge >= 0.3 is 5.69 Å². The molecule has 1 aliphatic carbocycles. The molecule has 116 valence electrons. The van der Waals surface area contributed by atoms with E-state index in [0.29, 0.717) is 18.3 Å². The third-order valence-electron chi connectivity index (χ3n) is 3.25. The molecular weight excluding hydrogens is 276 g/mol. The van der Waals surface area contributed by atoms with Gasteiger partial charge in [-0.05, 0) is 31.9 Å². The first-order valence-corrected chi connectivity index (χ1v) is 6.82.